The number of hydrogen-bond acceptors (Lipinski definition) is 5. The predicted molar refractivity (Wildman–Crippen MR) is 113 cm³/mol. The number of hydrogen-bond donors (Lipinski definition) is 1. The summed E-state index contributed by atoms with van der Waals surface area (Å²) in [5, 5.41) is 0. The second-order valence-corrected chi connectivity index (χ2v) is 7.50. The first kappa shape index (κ1) is 18.4. The van der Waals surface area contributed by atoms with Crippen molar-refractivity contribution >= 4 is 22.9 Å². The highest BCUT2D eigenvalue weighted by atomic mass is 32.2. The second-order valence-electron chi connectivity index (χ2n) is 6.33. The molecule has 0 radical (unpaired) electrons. The molecule has 0 saturated heterocycles. The van der Waals surface area contributed by atoms with Crippen LogP contribution < -0.4 is 9.47 Å². The average Bonchev–Trinajstić information content (AvgIpc) is 3.16. The zero-order valence-electron chi connectivity index (χ0n) is 15.8. The number of ether oxygens (including phenoxy) is 2. The van der Waals surface area contributed by atoms with E-state index in [4.69, 9.17) is 9.47 Å². The number of H-pyrrole nitrogens is 1. The number of methoxy groups -OCH3 is 1. The fraction of sp³-hybridized carbons (Fsp3) is 0.182. The Bertz CT molecular complexity index is 1040. The van der Waals surface area contributed by atoms with Crippen LogP contribution in [0.4, 0.5) is 0 Å². The lowest BCUT2D eigenvalue weighted by Gasteiger charge is -2.12. The standard InChI is InChI=1S/C22H21N3O2S/c1-15-5-8-17(9-6-15)28-13-12-27-20-14-16(26-2)7-10-18(20)21-24-19-4-3-11-23-22(19)25-21/h3-11,14H,12-13H2,1-2H3,(H,23,24,25). The van der Waals surface area contributed by atoms with Crippen LogP contribution in [0.15, 0.2) is 65.7 Å². The number of thioether (sulfide) groups is 1. The number of aromatic nitrogens is 3. The van der Waals surface area contributed by atoms with Gasteiger partial charge in [-0.1, -0.05) is 17.7 Å². The zero-order chi connectivity index (χ0) is 19.3. The van der Waals surface area contributed by atoms with Crippen molar-refractivity contribution in [2.45, 2.75) is 11.8 Å². The summed E-state index contributed by atoms with van der Waals surface area (Å²) < 4.78 is 11.5. The van der Waals surface area contributed by atoms with Crippen molar-refractivity contribution in [3.8, 4) is 22.9 Å². The van der Waals surface area contributed by atoms with Gasteiger partial charge >= 0.3 is 0 Å². The molecule has 0 aliphatic rings. The highest BCUT2D eigenvalue weighted by Gasteiger charge is 2.13. The van der Waals surface area contributed by atoms with E-state index in [-0.39, 0.29) is 0 Å². The maximum absolute atomic E-state index is 6.09. The Kier molecular flexibility index (Phi) is 5.48. The van der Waals surface area contributed by atoms with Gasteiger partial charge in [-0.25, -0.2) is 9.97 Å². The van der Waals surface area contributed by atoms with Crippen molar-refractivity contribution in [2.75, 3.05) is 19.5 Å². The zero-order valence-corrected chi connectivity index (χ0v) is 16.6. The summed E-state index contributed by atoms with van der Waals surface area (Å²) in [5.41, 5.74) is 3.74. The number of pyridine rings is 1. The molecule has 0 amide bonds. The Morgan fingerprint density at radius 3 is 2.71 bits per heavy atom. The maximum atomic E-state index is 6.09. The van der Waals surface area contributed by atoms with E-state index < -0.39 is 0 Å². The van der Waals surface area contributed by atoms with Gasteiger partial charge in [-0.3, -0.25) is 0 Å². The Morgan fingerprint density at radius 2 is 1.93 bits per heavy atom. The van der Waals surface area contributed by atoms with Crippen LogP contribution in [0.25, 0.3) is 22.6 Å². The summed E-state index contributed by atoms with van der Waals surface area (Å²) in [7, 11) is 1.65. The molecule has 0 saturated carbocycles. The van der Waals surface area contributed by atoms with Gasteiger partial charge in [0, 0.05) is 22.9 Å². The number of fused-ring (bicyclic) bond motifs is 1. The van der Waals surface area contributed by atoms with Crippen molar-refractivity contribution in [3.63, 3.8) is 0 Å². The molecule has 2 aromatic heterocycles. The highest BCUT2D eigenvalue weighted by Crippen LogP contribution is 2.33. The van der Waals surface area contributed by atoms with Crippen LogP contribution in [0, 0.1) is 6.92 Å². The molecule has 0 aliphatic carbocycles. The summed E-state index contributed by atoms with van der Waals surface area (Å²) in [4.78, 5) is 13.4. The van der Waals surface area contributed by atoms with Crippen LogP contribution in [0.5, 0.6) is 11.5 Å². The van der Waals surface area contributed by atoms with E-state index in [0.29, 0.717) is 12.3 Å². The van der Waals surface area contributed by atoms with Gasteiger partial charge in [0.2, 0.25) is 0 Å². The Hall–Kier alpha value is -2.99. The minimum Gasteiger partial charge on any atom is -0.497 e. The molecule has 6 heteroatoms. The first-order valence-electron chi connectivity index (χ1n) is 9.04. The number of aryl methyl sites for hydroxylation is 1. The fourth-order valence-electron chi connectivity index (χ4n) is 2.86. The van der Waals surface area contributed by atoms with Crippen LogP contribution in [0.2, 0.25) is 0 Å². The first-order chi connectivity index (χ1) is 13.7. The minimum absolute atomic E-state index is 0.581. The van der Waals surface area contributed by atoms with Crippen molar-refractivity contribution < 1.29 is 9.47 Å². The van der Waals surface area contributed by atoms with Crippen LogP contribution in [-0.4, -0.2) is 34.4 Å². The lowest BCUT2D eigenvalue weighted by molar-refractivity contribution is 0.341. The molecule has 28 heavy (non-hydrogen) atoms. The van der Waals surface area contributed by atoms with Crippen molar-refractivity contribution in [1.29, 1.82) is 0 Å². The van der Waals surface area contributed by atoms with Gasteiger partial charge in [-0.15, -0.1) is 11.8 Å². The summed E-state index contributed by atoms with van der Waals surface area (Å²) in [5.74, 6) is 3.07. The van der Waals surface area contributed by atoms with E-state index in [0.717, 1.165) is 34.2 Å². The summed E-state index contributed by atoms with van der Waals surface area (Å²) in [6.45, 7) is 2.67. The van der Waals surface area contributed by atoms with Gasteiger partial charge < -0.3 is 14.5 Å². The molecule has 0 aliphatic heterocycles. The van der Waals surface area contributed by atoms with Crippen LogP contribution in [0.3, 0.4) is 0 Å². The van der Waals surface area contributed by atoms with E-state index in [1.54, 1.807) is 25.1 Å². The van der Waals surface area contributed by atoms with Gasteiger partial charge in [0.25, 0.3) is 0 Å². The smallest absolute Gasteiger partial charge is 0.178 e. The minimum atomic E-state index is 0.581. The van der Waals surface area contributed by atoms with Gasteiger partial charge in [-0.05, 0) is 43.3 Å². The van der Waals surface area contributed by atoms with Crippen molar-refractivity contribution in [1.82, 2.24) is 15.0 Å². The second kappa shape index (κ2) is 8.35. The number of imidazole rings is 1. The summed E-state index contributed by atoms with van der Waals surface area (Å²) in [6.07, 6.45) is 1.74. The van der Waals surface area contributed by atoms with Gasteiger partial charge in [-0.2, -0.15) is 0 Å². The predicted octanol–water partition coefficient (Wildman–Crippen LogP) is 5.11. The van der Waals surface area contributed by atoms with Gasteiger partial charge in [0.05, 0.1) is 24.8 Å². The molecule has 0 spiro atoms. The van der Waals surface area contributed by atoms with Crippen molar-refractivity contribution in [2.24, 2.45) is 0 Å². The number of benzene rings is 2. The quantitative estimate of drug-likeness (QED) is 0.350. The topological polar surface area (TPSA) is 60.0 Å². The van der Waals surface area contributed by atoms with Crippen LogP contribution >= 0.6 is 11.8 Å². The van der Waals surface area contributed by atoms with E-state index in [2.05, 4.69) is 46.1 Å². The Balaban J connectivity index is 1.51. The number of aromatic amines is 1. The molecule has 4 rings (SSSR count). The van der Waals surface area contributed by atoms with E-state index in [1.807, 2.05) is 30.3 Å². The number of nitrogens with zero attached hydrogens (tertiary/aromatic N) is 2. The Labute approximate surface area is 168 Å². The molecule has 1 N–H and O–H groups in total. The third-order valence-corrected chi connectivity index (χ3v) is 5.31. The Morgan fingerprint density at radius 1 is 1.07 bits per heavy atom. The molecular formula is C22H21N3O2S. The molecule has 2 aromatic carbocycles. The fourth-order valence-corrected chi connectivity index (χ4v) is 3.59. The maximum Gasteiger partial charge on any atom is 0.178 e. The molecule has 5 nitrogen and oxygen atoms in total. The van der Waals surface area contributed by atoms with Gasteiger partial charge in [0.15, 0.2) is 5.65 Å². The molecule has 2 heterocycles. The highest BCUT2D eigenvalue weighted by molar-refractivity contribution is 7.99. The van der Waals surface area contributed by atoms with E-state index in [1.165, 1.54) is 10.5 Å². The summed E-state index contributed by atoms with van der Waals surface area (Å²) >= 11 is 1.77. The van der Waals surface area contributed by atoms with E-state index in [9.17, 15) is 0 Å². The molecule has 4 aromatic rings. The molecule has 0 unspecified atom stereocenters. The molecule has 142 valence electrons. The molecule has 0 bridgehead atoms. The first-order valence-corrected chi connectivity index (χ1v) is 10.0. The molecule has 0 atom stereocenters. The van der Waals surface area contributed by atoms with Crippen LogP contribution in [-0.2, 0) is 0 Å². The summed E-state index contributed by atoms with van der Waals surface area (Å²) in [6, 6.07) is 18.1. The lowest BCUT2D eigenvalue weighted by atomic mass is 10.2. The number of rotatable bonds is 7. The van der Waals surface area contributed by atoms with E-state index >= 15 is 0 Å². The lowest BCUT2D eigenvalue weighted by Crippen LogP contribution is -2.02. The normalized spacial score (nSPS) is 10.9. The van der Waals surface area contributed by atoms with Crippen molar-refractivity contribution in [3.05, 3.63) is 66.4 Å². The van der Waals surface area contributed by atoms with Gasteiger partial charge in [0.1, 0.15) is 17.3 Å². The third-order valence-electron chi connectivity index (χ3n) is 4.33. The SMILES string of the molecule is COc1ccc(-c2nc3ncccc3[nH]2)c(OCCSc2ccc(C)cc2)c1. The number of nitrogens with one attached hydrogen (secondary N) is 1. The molecular weight excluding hydrogens is 370 g/mol. The monoisotopic (exact) mass is 391 g/mol. The average molecular weight is 391 g/mol. The third kappa shape index (κ3) is 4.12. The van der Waals surface area contributed by atoms with Crippen LogP contribution in [0.1, 0.15) is 5.56 Å². The largest absolute Gasteiger partial charge is 0.497 e. The molecule has 0 fully saturated rings.